The van der Waals surface area contributed by atoms with E-state index in [-0.39, 0.29) is 36.4 Å². The van der Waals surface area contributed by atoms with E-state index in [1.54, 1.807) is 41.6 Å². The summed E-state index contributed by atoms with van der Waals surface area (Å²) in [7, 11) is -3.83. The third-order valence-corrected chi connectivity index (χ3v) is 9.51. The average Bonchev–Trinajstić information content (AvgIpc) is 3.44. The molecule has 1 aromatic carbocycles. The van der Waals surface area contributed by atoms with Crippen molar-refractivity contribution in [3.63, 3.8) is 0 Å². The Balaban J connectivity index is 1.41. The maximum absolute atomic E-state index is 13.3. The average molecular weight is 505 g/mol. The van der Waals surface area contributed by atoms with E-state index in [1.165, 1.54) is 4.31 Å². The Labute approximate surface area is 199 Å². The number of aromatic amines is 1. The molecule has 1 aliphatic rings. The summed E-state index contributed by atoms with van der Waals surface area (Å²) in [5, 5.41) is 11.9. The number of thiophene rings is 1. The first-order chi connectivity index (χ1) is 15.9. The molecule has 0 bridgehead atoms. The van der Waals surface area contributed by atoms with E-state index >= 15 is 0 Å². The first-order valence-electron chi connectivity index (χ1n) is 10.4. The van der Waals surface area contributed by atoms with Gasteiger partial charge in [-0.05, 0) is 42.1 Å². The molecule has 4 aromatic rings. The molecule has 1 atom stereocenters. The summed E-state index contributed by atoms with van der Waals surface area (Å²) in [6.07, 6.45) is 3.78. The predicted molar refractivity (Wildman–Crippen MR) is 128 cm³/mol. The number of hydrogen-bond donors (Lipinski definition) is 2. The van der Waals surface area contributed by atoms with Crippen LogP contribution in [-0.2, 0) is 14.8 Å². The summed E-state index contributed by atoms with van der Waals surface area (Å²) < 4.78 is 28.7. The fourth-order valence-corrected chi connectivity index (χ4v) is 7.48. The van der Waals surface area contributed by atoms with Crippen molar-refractivity contribution in [3.8, 4) is 0 Å². The second-order valence-corrected chi connectivity index (χ2v) is 11.5. The van der Waals surface area contributed by atoms with Crippen LogP contribution in [0.3, 0.4) is 0 Å². The summed E-state index contributed by atoms with van der Waals surface area (Å²) in [5.74, 6) is -0.318. The van der Waals surface area contributed by atoms with Crippen molar-refractivity contribution >= 4 is 59.9 Å². The largest absolute Gasteiger partial charge is 0.396 e. The van der Waals surface area contributed by atoms with Gasteiger partial charge in [0.05, 0.1) is 18.3 Å². The van der Waals surface area contributed by atoms with E-state index in [2.05, 4.69) is 9.97 Å². The molecule has 0 aliphatic carbocycles. The highest BCUT2D eigenvalue weighted by molar-refractivity contribution is 7.91. The molecule has 3 aromatic heterocycles. The fraction of sp³-hybridized carbons (Fsp3) is 0.273. The van der Waals surface area contributed by atoms with Gasteiger partial charge < -0.3 is 15.0 Å². The van der Waals surface area contributed by atoms with Gasteiger partial charge in [0, 0.05) is 52.7 Å². The van der Waals surface area contributed by atoms with Crippen LogP contribution in [0, 0.1) is 0 Å². The van der Waals surface area contributed by atoms with E-state index in [9.17, 15) is 18.3 Å². The summed E-state index contributed by atoms with van der Waals surface area (Å²) in [4.78, 5) is 22.4. The summed E-state index contributed by atoms with van der Waals surface area (Å²) in [6, 6.07) is 10.1. The zero-order valence-electron chi connectivity index (χ0n) is 17.4. The molecule has 1 unspecified atom stereocenters. The van der Waals surface area contributed by atoms with E-state index in [0.717, 1.165) is 32.3 Å². The second kappa shape index (κ2) is 8.69. The highest BCUT2D eigenvalue weighted by Gasteiger charge is 2.37. The number of H-pyrrole nitrogens is 1. The lowest BCUT2D eigenvalue weighted by Crippen LogP contribution is -2.53. The standard InChI is InChI=1S/C22H21ClN4O4S2/c23-15-2-1-14-11-21(32-19(14)12-15)33(30,31)26-8-9-27(20(29)13-26)18(5-10-28)22-16-3-6-24-17(16)4-7-25-22/h1-4,6-7,11-12,18,24,28H,5,8-10,13H2. The molecule has 8 nitrogen and oxygen atoms in total. The lowest BCUT2D eigenvalue weighted by atomic mass is 10.0. The zero-order valence-corrected chi connectivity index (χ0v) is 19.8. The summed E-state index contributed by atoms with van der Waals surface area (Å²) in [6.45, 7) is -0.0122. The van der Waals surface area contributed by atoms with Crippen molar-refractivity contribution in [3.05, 3.63) is 59.5 Å². The van der Waals surface area contributed by atoms with Gasteiger partial charge in [-0.3, -0.25) is 9.78 Å². The van der Waals surface area contributed by atoms with Gasteiger partial charge in [-0.15, -0.1) is 11.3 Å². The quantitative estimate of drug-likeness (QED) is 0.418. The van der Waals surface area contributed by atoms with Crippen molar-refractivity contribution in [2.75, 3.05) is 26.2 Å². The van der Waals surface area contributed by atoms with Crippen LogP contribution in [0.4, 0.5) is 0 Å². The van der Waals surface area contributed by atoms with Gasteiger partial charge in [0.2, 0.25) is 5.91 Å². The number of aromatic nitrogens is 2. The number of halogens is 1. The first-order valence-corrected chi connectivity index (χ1v) is 13.0. The maximum atomic E-state index is 13.3. The highest BCUT2D eigenvalue weighted by atomic mass is 35.5. The normalized spacial score (nSPS) is 16.7. The Morgan fingerprint density at radius 3 is 2.85 bits per heavy atom. The number of carbonyl (C=O) groups is 1. The molecule has 0 saturated carbocycles. The molecule has 2 N–H and O–H groups in total. The molecule has 1 saturated heterocycles. The number of hydrogen-bond acceptors (Lipinski definition) is 6. The molecule has 172 valence electrons. The van der Waals surface area contributed by atoms with Crippen LogP contribution in [0.1, 0.15) is 18.2 Å². The Hall–Kier alpha value is -2.50. The molecular formula is C22H21ClN4O4S2. The number of amides is 1. The number of fused-ring (bicyclic) bond motifs is 2. The molecule has 1 fully saturated rings. The molecule has 1 aliphatic heterocycles. The van der Waals surface area contributed by atoms with Crippen LogP contribution < -0.4 is 0 Å². The van der Waals surface area contributed by atoms with Crippen molar-refractivity contribution in [1.29, 1.82) is 0 Å². The van der Waals surface area contributed by atoms with Gasteiger partial charge in [-0.25, -0.2) is 8.42 Å². The molecule has 33 heavy (non-hydrogen) atoms. The molecule has 5 rings (SSSR count). The first kappa shape index (κ1) is 22.3. The highest BCUT2D eigenvalue weighted by Crippen LogP contribution is 2.34. The Kier molecular flexibility index (Phi) is 5.87. The summed E-state index contributed by atoms with van der Waals surface area (Å²) >= 11 is 7.17. The van der Waals surface area contributed by atoms with E-state index < -0.39 is 16.1 Å². The van der Waals surface area contributed by atoms with Crippen molar-refractivity contribution in [1.82, 2.24) is 19.2 Å². The van der Waals surface area contributed by atoms with Gasteiger partial charge >= 0.3 is 0 Å². The smallest absolute Gasteiger partial charge is 0.253 e. The number of pyridine rings is 1. The minimum absolute atomic E-state index is 0.122. The molecule has 0 radical (unpaired) electrons. The van der Waals surface area contributed by atoms with Crippen molar-refractivity contribution in [2.45, 2.75) is 16.7 Å². The number of aliphatic hydroxyl groups is 1. The Bertz CT molecular complexity index is 1450. The fourth-order valence-electron chi connectivity index (χ4n) is 4.27. The van der Waals surface area contributed by atoms with Gasteiger partial charge in [0.15, 0.2) is 0 Å². The molecule has 11 heteroatoms. The topological polar surface area (TPSA) is 107 Å². The Morgan fingerprint density at radius 2 is 2.06 bits per heavy atom. The molecular weight excluding hydrogens is 484 g/mol. The van der Waals surface area contributed by atoms with Crippen LogP contribution in [0.2, 0.25) is 5.02 Å². The van der Waals surface area contributed by atoms with E-state index in [4.69, 9.17) is 11.6 Å². The number of rotatable bonds is 6. The third kappa shape index (κ3) is 4.02. The lowest BCUT2D eigenvalue weighted by molar-refractivity contribution is -0.137. The lowest BCUT2D eigenvalue weighted by Gasteiger charge is -2.38. The van der Waals surface area contributed by atoms with Crippen LogP contribution in [0.5, 0.6) is 0 Å². The van der Waals surface area contributed by atoms with Crippen molar-refractivity contribution in [2.24, 2.45) is 0 Å². The minimum Gasteiger partial charge on any atom is -0.396 e. The zero-order chi connectivity index (χ0) is 23.2. The van der Waals surface area contributed by atoms with Gasteiger partial charge in [0.1, 0.15) is 4.21 Å². The second-order valence-electron chi connectivity index (χ2n) is 7.84. The molecule has 0 spiro atoms. The number of carbonyl (C=O) groups excluding carboxylic acids is 1. The maximum Gasteiger partial charge on any atom is 0.253 e. The number of piperazine rings is 1. The monoisotopic (exact) mass is 504 g/mol. The number of aliphatic hydroxyl groups excluding tert-OH is 1. The number of benzene rings is 1. The Morgan fingerprint density at radius 1 is 1.21 bits per heavy atom. The van der Waals surface area contributed by atoms with Gasteiger partial charge in [-0.2, -0.15) is 4.31 Å². The SMILES string of the molecule is O=C1CN(S(=O)(=O)c2cc3ccc(Cl)cc3s2)CCN1C(CCO)c1nccc2[nH]ccc12. The molecule has 4 heterocycles. The van der Waals surface area contributed by atoms with Crippen molar-refractivity contribution < 1.29 is 18.3 Å². The summed E-state index contributed by atoms with van der Waals surface area (Å²) in [5.41, 5.74) is 1.58. The minimum atomic E-state index is -3.83. The van der Waals surface area contributed by atoms with E-state index in [0.29, 0.717) is 17.1 Å². The number of nitrogens with one attached hydrogen (secondary N) is 1. The number of nitrogens with zero attached hydrogens (tertiary/aromatic N) is 3. The molecule has 1 amide bonds. The van der Waals surface area contributed by atoms with Crippen LogP contribution in [0.15, 0.2) is 53.0 Å². The predicted octanol–water partition coefficient (Wildman–Crippen LogP) is 3.39. The van der Waals surface area contributed by atoms with Gasteiger partial charge in [0.25, 0.3) is 10.0 Å². The third-order valence-electron chi connectivity index (χ3n) is 5.88. The van der Waals surface area contributed by atoms with Crippen LogP contribution in [-0.4, -0.2) is 64.8 Å². The van der Waals surface area contributed by atoms with E-state index in [1.807, 2.05) is 12.1 Å². The van der Waals surface area contributed by atoms with Gasteiger partial charge in [-0.1, -0.05) is 17.7 Å². The number of sulfonamides is 1. The van der Waals surface area contributed by atoms with Crippen LogP contribution in [0.25, 0.3) is 21.0 Å². The van der Waals surface area contributed by atoms with Crippen LogP contribution >= 0.6 is 22.9 Å².